The second-order valence-electron chi connectivity index (χ2n) is 3.06. The Morgan fingerprint density at radius 2 is 2.06 bits per heavy atom. The van der Waals surface area contributed by atoms with E-state index >= 15 is 0 Å². The maximum absolute atomic E-state index is 12.0. The van der Waals surface area contributed by atoms with Crippen LogP contribution in [0.4, 0.5) is 8.78 Å². The highest BCUT2D eigenvalue weighted by Crippen LogP contribution is 2.37. The maximum Gasteiger partial charge on any atom is 0.272 e. The van der Waals surface area contributed by atoms with Crippen LogP contribution in [-0.4, -0.2) is 26.1 Å². The Labute approximate surface area is 89.7 Å². The zero-order chi connectivity index (χ0) is 11.5. The third kappa shape index (κ3) is 2.05. The molecule has 0 amide bonds. The van der Waals surface area contributed by atoms with Gasteiger partial charge in [-0.05, 0) is 6.07 Å². The molecule has 0 spiro atoms. The first-order valence-electron chi connectivity index (χ1n) is 4.50. The zero-order valence-electron chi connectivity index (χ0n) is 8.11. The van der Waals surface area contributed by atoms with Gasteiger partial charge in [0, 0.05) is 6.07 Å². The molecule has 0 radical (unpaired) electrons. The first kappa shape index (κ1) is 10.7. The Morgan fingerprint density at radius 1 is 1.38 bits per heavy atom. The number of rotatable bonds is 4. The number of fused-ring (bicyclic) bond motifs is 1. The predicted molar refractivity (Wildman–Crippen MR) is 49.5 cm³/mol. The molecule has 0 unspecified atom stereocenters. The lowest BCUT2D eigenvalue weighted by atomic mass is 10.2. The van der Waals surface area contributed by atoms with Crippen LogP contribution in [0.3, 0.4) is 0 Å². The van der Waals surface area contributed by atoms with Crippen molar-refractivity contribution in [2.75, 3.05) is 13.4 Å². The first-order valence-corrected chi connectivity index (χ1v) is 4.50. The standard InChI is InChI=1S/C10H8F2O4/c11-10(12)4-14-7-2-9-8(15-5-16-9)1-6(7)3-13/h1-3,10H,4-5H2. The summed E-state index contributed by atoms with van der Waals surface area (Å²) < 4.78 is 38.8. The fourth-order valence-electron chi connectivity index (χ4n) is 1.31. The summed E-state index contributed by atoms with van der Waals surface area (Å²) in [6.45, 7) is -0.716. The van der Waals surface area contributed by atoms with Crippen LogP contribution in [-0.2, 0) is 0 Å². The van der Waals surface area contributed by atoms with Gasteiger partial charge in [-0.15, -0.1) is 0 Å². The smallest absolute Gasteiger partial charge is 0.272 e. The molecule has 0 aliphatic carbocycles. The van der Waals surface area contributed by atoms with Crippen molar-refractivity contribution < 1.29 is 27.8 Å². The monoisotopic (exact) mass is 230 g/mol. The molecule has 4 nitrogen and oxygen atoms in total. The van der Waals surface area contributed by atoms with Crippen molar-refractivity contribution in [3.8, 4) is 17.2 Å². The highest BCUT2D eigenvalue weighted by atomic mass is 19.3. The second kappa shape index (κ2) is 4.34. The number of hydrogen-bond donors (Lipinski definition) is 0. The summed E-state index contributed by atoms with van der Waals surface area (Å²) in [4.78, 5) is 10.7. The molecule has 0 aromatic heterocycles. The molecule has 0 bridgehead atoms. The zero-order valence-corrected chi connectivity index (χ0v) is 8.11. The molecular weight excluding hydrogens is 222 g/mol. The lowest BCUT2D eigenvalue weighted by Gasteiger charge is -2.08. The molecule has 2 rings (SSSR count). The number of alkyl halides is 2. The minimum atomic E-state index is -2.59. The van der Waals surface area contributed by atoms with Crippen molar-refractivity contribution in [3.05, 3.63) is 17.7 Å². The molecule has 1 aromatic carbocycles. The van der Waals surface area contributed by atoms with E-state index in [0.717, 1.165) is 0 Å². The predicted octanol–water partition coefficient (Wildman–Crippen LogP) is 1.87. The van der Waals surface area contributed by atoms with E-state index in [9.17, 15) is 13.6 Å². The van der Waals surface area contributed by atoms with Crippen molar-refractivity contribution in [1.82, 2.24) is 0 Å². The molecule has 1 aliphatic heterocycles. The van der Waals surface area contributed by atoms with Gasteiger partial charge in [0.1, 0.15) is 12.4 Å². The molecule has 16 heavy (non-hydrogen) atoms. The normalized spacial score (nSPS) is 12.9. The van der Waals surface area contributed by atoms with Crippen LogP contribution >= 0.6 is 0 Å². The van der Waals surface area contributed by atoms with Crippen LogP contribution in [0, 0.1) is 0 Å². The number of carbonyl (C=O) groups is 1. The molecule has 86 valence electrons. The maximum atomic E-state index is 12.0. The van der Waals surface area contributed by atoms with Gasteiger partial charge in [0.25, 0.3) is 6.43 Å². The topological polar surface area (TPSA) is 44.8 Å². The molecule has 0 saturated carbocycles. The van der Waals surface area contributed by atoms with Gasteiger partial charge in [0.05, 0.1) is 5.56 Å². The quantitative estimate of drug-likeness (QED) is 0.741. The number of halogens is 2. The van der Waals surface area contributed by atoms with Crippen LogP contribution in [0.25, 0.3) is 0 Å². The van der Waals surface area contributed by atoms with Crippen LogP contribution in [0.5, 0.6) is 17.2 Å². The number of benzene rings is 1. The van der Waals surface area contributed by atoms with Crippen LogP contribution in [0.1, 0.15) is 10.4 Å². The minimum absolute atomic E-state index is 0.0476. The average molecular weight is 230 g/mol. The van der Waals surface area contributed by atoms with Crippen molar-refractivity contribution in [1.29, 1.82) is 0 Å². The average Bonchev–Trinajstić information content (AvgIpc) is 2.71. The van der Waals surface area contributed by atoms with E-state index in [1.54, 1.807) is 0 Å². The summed E-state index contributed by atoms with van der Waals surface area (Å²) >= 11 is 0. The van der Waals surface area contributed by atoms with Crippen molar-refractivity contribution in [2.45, 2.75) is 6.43 Å². The third-order valence-electron chi connectivity index (χ3n) is 2.00. The summed E-state index contributed by atoms with van der Waals surface area (Å²) in [5, 5.41) is 0. The minimum Gasteiger partial charge on any atom is -0.487 e. The van der Waals surface area contributed by atoms with Gasteiger partial charge in [0.15, 0.2) is 17.8 Å². The van der Waals surface area contributed by atoms with Gasteiger partial charge < -0.3 is 14.2 Å². The number of aldehydes is 1. The Hall–Kier alpha value is -1.85. The molecule has 1 aliphatic rings. The largest absolute Gasteiger partial charge is 0.487 e. The van der Waals surface area contributed by atoms with E-state index < -0.39 is 13.0 Å². The van der Waals surface area contributed by atoms with Crippen molar-refractivity contribution in [2.24, 2.45) is 0 Å². The van der Waals surface area contributed by atoms with Crippen molar-refractivity contribution >= 4 is 6.29 Å². The molecule has 0 atom stereocenters. The van der Waals surface area contributed by atoms with E-state index in [-0.39, 0.29) is 18.1 Å². The summed E-state index contributed by atoms with van der Waals surface area (Å²) in [5.74, 6) is 0.862. The summed E-state index contributed by atoms with van der Waals surface area (Å²) in [7, 11) is 0. The van der Waals surface area contributed by atoms with Gasteiger partial charge in [0.2, 0.25) is 6.79 Å². The van der Waals surface area contributed by atoms with E-state index in [1.165, 1.54) is 12.1 Å². The molecule has 6 heteroatoms. The molecule has 0 fully saturated rings. The first-order chi connectivity index (χ1) is 7.70. The second-order valence-corrected chi connectivity index (χ2v) is 3.06. The van der Waals surface area contributed by atoms with Gasteiger partial charge >= 0.3 is 0 Å². The Kier molecular flexibility index (Phi) is 2.89. The van der Waals surface area contributed by atoms with E-state index in [4.69, 9.17) is 14.2 Å². The van der Waals surface area contributed by atoms with E-state index in [1.807, 2.05) is 0 Å². The molecule has 0 N–H and O–H groups in total. The lowest BCUT2D eigenvalue weighted by Crippen LogP contribution is -2.08. The molecular formula is C10H8F2O4. The van der Waals surface area contributed by atoms with Gasteiger partial charge in [-0.1, -0.05) is 0 Å². The number of hydrogen-bond acceptors (Lipinski definition) is 4. The summed E-state index contributed by atoms with van der Waals surface area (Å²) in [5.41, 5.74) is 0.157. The third-order valence-corrected chi connectivity index (χ3v) is 2.00. The molecule has 0 saturated heterocycles. The highest BCUT2D eigenvalue weighted by Gasteiger charge is 2.18. The fourth-order valence-corrected chi connectivity index (χ4v) is 1.31. The van der Waals surface area contributed by atoms with E-state index in [0.29, 0.717) is 17.8 Å². The van der Waals surface area contributed by atoms with E-state index in [2.05, 4.69) is 0 Å². The van der Waals surface area contributed by atoms with Gasteiger partial charge in [-0.25, -0.2) is 8.78 Å². The Morgan fingerprint density at radius 3 is 2.69 bits per heavy atom. The van der Waals surface area contributed by atoms with Crippen LogP contribution < -0.4 is 14.2 Å². The Bertz CT molecular complexity index is 406. The van der Waals surface area contributed by atoms with Gasteiger partial charge in [-0.3, -0.25) is 4.79 Å². The lowest BCUT2D eigenvalue weighted by molar-refractivity contribution is 0.0808. The number of carbonyl (C=O) groups excluding carboxylic acids is 1. The van der Waals surface area contributed by atoms with Gasteiger partial charge in [-0.2, -0.15) is 0 Å². The van der Waals surface area contributed by atoms with Crippen molar-refractivity contribution in [3.63, 3.8) is 0 Å². The SMILES string of the molecule is O=Cc1cc2c(cc1OCC(F)F)OCO2. The summed E-state index contributed by atoms with van der Waals surface area (Å²) in [6, 6.07) is 2.77. The van der Waals surface area contributed by atoms with Crippen LogP contribution in [0.2, 0.25) is 0 Å². The Balaban J connectivity index is 2.25. The fraction of sp³-hybridized carbons (Fsp3) is 0.300. The molecule has 1 aromatic rings. The summed E-state index contributed by atoms with van der Waals surface area (Å²) in [6.07, 6.45) is -2.08. The molecule has 1 heterocycles. The number of ether oxygens (including phenoxy) is 3. The highest BCUT2D eigenvalue weighted by molar-refractivity contribution is 5.81. The van der Waals surface area contributed by atoms with Crippen LogP contribution in [0.15, 0.2) is 12.1 Å².